The molecule has 19 heavy (non-hydrogen) atoms. The molecule has 1 amide bonds. The Hall–Kier alpha value is -1.84. The zero-order valence-corrected chi connectivity index (χ0v) is 11.0. The van der Waals surface area contributed by atoms with Crippen molar-refractivity contribution in [3.05, 3.63) is 34.9 Å². The van der Waals surface area contributed by atoms with E-state index in [0.717, 1.165) is 24.9 Å². The molecule has 100 valence electrons. The molecule has 0 bridgehead atoms. The summed E-state index contributed by atoms with van der Waals surface area (Å²) in [5.41, 5.74) is 2.25. The SMILES string of the molecule is COC(=O)c1ccc2c(c1)C(=O)NCC21CCCC1. The number of hydrogen-bond donors (Lipinski definition) is 1. The van der Waals surface area contributed by atoms with Crippen LogP contribution in [0.5, 0.6) is 0 Å². The van der Waals surface area contributed by atoms with Crippen molar-refractivity contribution in [2.24, 2.45) is 0 Å². The smallest absolute Gasteiger partial charge is 0.337 e. The molecule has 1 aromatic carbocycles. The van der Waals surface area contributed by atoms with Crippen molar-refractivity contribution in [2.75, 3.05) is 13.7 Å². The average molecular weight is 259 g/mol. The van der Waals surface area contributed by atoms with Crippen LogP contribution in [-0.4, -0.2) is 25.5 Å². The second-order valence-corrected chi connectivity index (χ2v) is 5.42. The number of carbonyl (C=O) groups is 2. The Kier molecular flexibility index (Phi) is 2.81. The Labute approximate surface area is 112 Å². The number of rotatable bonds is 1. The first-order chi connectivity index (χ1) is 9.16. The summed E-state index contributed by atoms with van der Waals surface area (Å²) in [4.78, 5) is 23.6. The number of carbonyl (C=O) groups excluding carboxylic acids is 2. The number of hydrogen-bond acceptors (Lipinski definition) is 3. The van der Waals surface area contributed by atoms with E-state index < -0.39 is 5.97 Å². The molecule has 0 atom stereocenters. The van der Waals surface area contributed by atoms with Gasteiger partial charge in [-0.05, 0) is 30.5 Å². The molecule has 1 aromatic rings. The van der Waals surface area contributed by atoms with Crippen LogP contribution in [0.3, 0.4) is 0 Å². The van der Waals surface area contributed by atoms with E-state index in [-0.39, 0.29) is 11.3 Å². The predicted molar refractivity (Wildman–Crippen MR) is 70.3 cm³/mol. The molecular formula is C15H17NO3. The van der Waals surface area contributed by atoms with Gasteiger partial charge < -0.3 is 10.1 Å². The van der Waals surface area contributed by atoms with Crippen molar-refractivity contribution in [1.82, 2.24) is 5.32 Å². The second kappa shape index (κ2) is 4.37. The maximum Gasteiger partial charge on any atom is 0.337 e. The third kappa shape index (κ3) is 1.82. The molecule has 1 spiro atoms. The highest BCUT2D eigenvalue weighted by Crippen LogP contribution is 2.43. The lowest BCUT2D eigenvalue weighted by Crippen LogP contribution is -2.45. The Bertz CT molecular complexity index is 544. The van der Waals surface area contributed by atoms with Crippen LogP contribution in [-0.2, 0) is 10.2 Å². The van der Waals surface area contributed by atoms with Gasteiger partial charge in [0.15, 0.2) is 0 Å². The zero-order chi connectivity index (χ0) is 13.5. The van der Waals surface area contributed by atoms with E-state index in [2.05, 4.69) is 5.32 Å². The van der Waals surface area contributed by atoms with Crippen LogP contribution in [0.25, 0.3) is 0 Å². The van der Waals surface area contributed by atoms with Gasteiger partial charge >= 0.3 is 5.97 Å². The van der Waals surface area contributed by atoms with Gasteiger partial charge in [-0.3, -0.25) is 4.79 Å². The lowest BCUT2D eigenvalue weighted by Gasteiger charge is -2.35. The fourth-order valence-corrected chi connectivity index (χ4v) is 3.38. The Morgan fingerprint density at radius 3 is 2.74 bits per heavy atom. The zero-order valence-electron chi connectivity index (χ0n) is 11.0. The quantitative estimate of drug-likeness (QED) is 0.785. The summed E-state index contributed by atoms with van der Waals surface area (Å²) in [6, 6.07) is 5.37. The summed E-state index contributed by atoms with van der Waals surface area (Å²) in [6.07, 6.45) is 4.62. The summed E-state index contributed by atoms with van der Waals surface area (Å²) in [5, 5.41) is 2.96. The Balaban J connectivity index is 2.09. The van der Waals surface area contributed by atoms with E-state index in [4.69, 9.17) is 4.74 Å². The Morgan fingerprint density at radius 2 is 2.05 bits per heavy atom. The van der Waals surface area contributed by atoms with Gasteiger partial charge in [-0.15, -0.1) is 0 Å². The summed E-state index contributed by atoms with van der Waals surface area (Å²) in [7, 11) is 1.35. The number of methoxy groups -OCH3 is 1. The molecule has 0 saturated heterocycles. The van der Waals surface area contributed by atoms with Crippen LogP contribution in [0.2, 0.25) is 0 Å². The Morgan fingerprint density at radius 1 is 1.32 bits per heavy atom. The molecule has 1 aliphatic heterocycles. The van der Waals surface area contributed by atoms with Gasteiger partial charge in [0.25, 0.3) is 5.91 Å². The lowest BCUT2D eigenvalue weighted by molar-refractivity contribution is 0.0600. The van der Waals surface area contributed by atoms with E-state index in [1.165, 1.54) is 20.0 Å². The lowest BCUT2D eigenvalue weighted by atomic mass is 9.74. The standard InChI is InChI=1S/C15H17NO3/c1-19-14(18)10-4-5-12-11(8-10)13(17)16-9-15(12)6-2-3-7-15/h4-5,8H,2-3,6-7,9H2,1H3,(H,16,17). The molecule has 3 rings (SSSR count). The highest BCUT2D eigenvalue weighted by atomic mass is 16.5. The monoisotopic (exact) mass is 259 g/mol. The molecule has 4 heteroatoms. The van der Waals surface area contributed by atoms with Crippen molar-refractivity contribution in [2.45, 2.75) is 31.1 Å². The second-order valence-electron chi connectivity index (χ2n) is 5.42. The van der Waals surface area contributed by atoms with Gasteiger partial charge in [0.1, 0.15) is 0 Å². The fourth-order valence-electron chi connectivity index (χ4n) is 3.38. The fraction of sp³-hybridized carbons (Fsp3) is 0.467. The van der Waals surface area contributed by atoms with Crippen molar-refractivity contribution in [3.63, 3.8) is 0 Å². The normalized spacial score (nSPS) is 19.9. The third-order valence-electron chi connectivity index (χ3n) is 4.40. The number of benzene rings is 1. The molecule has 1 heterocycles. The first-order valence-corrected chi connectivity index (χ1v) is 6.67. The summed E-state index contributed by atoms with van der Waals surface area (Å²) in [5.74, 6) is -0.486. The van der Waals surface area contributed by atoms with Gasteiger partial charge in [-0.2, -0.15) is 0 Å². The van der Waals surface area contributed by atoms with Crippen LogP contribution < -0.4 is 5.32 Å². The molecule has 4 nitrogen and oxygen atoms in total. The molecule has 0 unspecified atom stereocenters. The summed E-state index contributed by atoms with van der Waals surface area (Å²) in [6.45, 7) is 0.719. The number of fused-ring (bicyclic) bond motifs is 2. The van der Waals surface area contributed by atoms with Gasteiger partial charge in [0.2, 0.25) is 0 Å². The van der Waals surface area contributed by atoms with E-state index >= 15 is 0 Å². The van der Waals surface area contributed by atoms with Crippen LogP contribution >= 0.6 is 0 Å². The summed E-state index contributed by atoms with van der Waals surface area (Å²) < 4.78 is 4.71. The minimum absolute atomic E-state index is 0.0812. The first kappa shape index (κ1) is 12.2. The molecule has 1 N–H and O–H groups in total. The van der Waals surface area contributed by atoms with E-state index in [0.29, 0.717) is 11.1 Å². The van der Waals surface area contributed by atoms with E-state index in [1.54, 1.807) is 12.1 Å². The number of esters is 1. The molecule has 0 aromatic heterocycles. The topological polar surface area (TPSA) is 55.4 Å². The minimum Gasteiger partial charge on any atom is -0.465 e. The molecule has 0 radical (unpaired) electrons. The molecular weight excluding hydrogens is 242 g/mol. The maximum atomic E-state index is 12.0. The number of ether oxygens (including phenoxy) is 1. The van der Waals surface area contributed by atoms with Crippen molar-refractivity contribution in [1.29, 1.82) is 0 Å². The third-order valence-corrected chi connectivity index (χ3v) is 4.40. The van der Waals surface area contributed by atoms with E-state index in [1.807, 2.05) is 6.07 Å². The number of amides is 1. The number of nitrogens with one attached hydrogen (secondary N) is 1. The van der Waals surface area contributed by atoms with Crippen LogP contribution in [0.1, 0.15) is 52.0 Å². The first-order valence-electron chi connectivity index (χ1n) is 6.67. The predicted octanol–water partition coefficient (Wildman–Crippen LogP) is 2.03. The van der Waals surface area contributed by atoms with Crippen LogP contribution in [0.4, 0.5) is 0 Å². The van der Waals surface area contributed by atoms with Crippen LogP contribution in [0.15, 0.2) is 18.2 Å². The molecule has 2 aliphatic rings. The van der Waals surface area contributed by atoms with Gasteiger partial charge in [-0.25, -0.2) is 4.79 Å². The highest BCUT2D eigenvalue weighted by molar-refractivity contribution is 6.00. The highest BCUT2D eigenvalue weighted by Gasteiger charge is 2.41. The summed E-state index contributed by atoms with van der Waals surface area (Å²) >= 11 is 0. The van der Waals surface area contributed by atoms with Gasteiger partial charge in [0, 0.05) is 17.5 Å². The van der Waals surface area contributed by atoms with E-state index in [9.17, 15) is 9.59 Å². The largest absolute Gasteiger partial charge is 0.465 e. The van der Waals surface area contributed by atoms with Gasteiger partial charge in [0.05, 0.1) is 12.7 Å². The average Bonchev–Trinajstić information content (AvgIpc) is 2.92. The molecule has 1 aliphatic carbocycles. The molecule has 1 fully saturated rings. The minimum atomic E-state index is -0.401. The van der Waals surface area contributed by atoms with Crippen molar-refractivity contribution < 1.29 is 14.3 Å². The van der Waals surface area contributed by atoms with Crippen molar-refractivity contribution in [3.8, 4) is 0 Å². The molecule has 1 saturated carbocycles. The van der Waals surface area contributed by atoms with Crippen molar-refractivity contribution >= 4 is 11.9 Å². The van der Waals surface area contributed by atoms with Crippen LogP contribution in [0, 0.1) is 0 Å². The van der Waals surface area contributed by atoms with Gasteiger partial charge in [-0.1, -0.05) is 18.9 Å². The maximum absolute atomic E-state index is 12.0.